The van der Waals surface area contributed by atoms with Crippen LogP contribution in [0.5, 0.6) is 11.5 Å². The fourth-order valence-corrected chi connectivity index (χ4v) is 5.49. The first-order chi connectivity index (χ1) is 23.3. The summed E-state index contributed by atoms with van der Waals surface area (Å²) in [5, 5.41) is 32.3. The summed E-state index contributed by atoms with van der Waals surface area (Å²) in [5.74, 6) is 0.374. The number of nitrogens with two attached hydrogens (primary N) is 2. The van der Waals surface area contributed by atoms with E-state index in [0.29, 0.717) is 33.6 Å². The molecular formula is C31H32N8Na2O9S2. The van der Waals surface area contributed by atoms with Crippen LogP contribution < -0.4 is 90.5 Å². The smallest absolute Gasteiger partial charge is 0.846 e. The first kappa shape index (κ1) is 44.5. The monoisotopic (exact) mass is 770 g/mol. The number of ether oxygens (including phenoxy) is 2. The zero-order valence-corrected chi connectivity index (χ0v) is 35.2. The standard InChI is InChI=1S/C31H34N8O9S2.2Na/c1-15-7-27(29(47-5)13-23(15)36-38-25-11-19(49(41,42)43)9-21(32)17(25)3)34-31(40)35-28-8-16(2)24(14-30(28)48-6)37-39-26-12-20(50(44,45)46)10-22(33)18(26)4;;/h7-14H,32-33H2,1-6H3,(H2,34,35,40)(H,41,42,43)(H,44,45,46);;/q;2*+1/p-2. The minimum absolute atomic E-state index is 0. The number of hydrogen-bond acceptors (Lipinski definition) is 15. The molecule has 17 nitrogen and oxygen atoms in total. The van der Waals surface area contributed by atoms with Gasteiger partial charge in [0.15, 0.2) is 0 Å². The van der Waals surface area contributed by atoms with Crippen molar-refractivity contribution in [1.82, 2.24) is 0 Å². The van der Waals surface area contributed by atoms with Crippen molar-refractivity contribution >= 4 is 71.8 Å². The van der Waals surface area contributed by atoms with E-state index in [1.165, 1.54) is 32.4 Å². The molecule has 0 radical (unpaired) electrons. The SMILES string of the molecule is COc1cc(N=Nc2cc(S(=O)(=O)[O-])cc(N)c2C)c(C)cc1N=C([O-])Nc1cc(C)c(N=Nc2cc(S(=O)(=O)O)cc(N)c2C)cc1OC.[Na+].[Na+]. The molecule has 52 heavy (non-hydrogen) atoms. The summed E-state index contributed by atoms with van der Waals surface area (Å²) >= 11 is 0. The van der Waals surface area contributed by atoms with Crippen LogP contribution in [0, 0.1) is 27.7 Å². The van der Waals surface area contributed by atoms with Crippen LogP contribution >= 0.6 is 0 Å². The van der Waals surface area contributed by atoms with Crippen LogP contribution in [0.25, 0.3) is 0 Å². The average molecular weight is 771 g/mol. The number of benzene rings is 4. The van der Waals surface area contributed by atoms with Gasteiger partial charge in [-0.25, -0.2) is 13.4 Å². The molecule has 0 bridgehead atoms. The van der Waals surface area contributed by atoms with E-state index in [2.05, 4.69) is 30.8 Å². The first-order valence-electron chi connectivity index (χ1n) is 14.3. The maximum absolute atomic E-state index is 13.1. The summed E-state index contributed by atoms with van der Waals surface area (Å²) in [7, 11) is -6.57. The number of hydrogen-bond donors (Lipinski definition) is 4. The molecule has 4 aromatic carbocycles. The van der Waals surface area contributed by atoms with Crippen molar-refractivity contribution in [3.05, 3.63) is 70.8 Å². The van der Waals surface area contributed by atoms with Crippen LogP contribution in [0.3, 0.4) is 0 Å². The van der Waals surface area contributed by atoms with Gasteiger partial charge in [-0.1, -0.05) is 0 Å². The predicted molar refractivity (Wildman–Crippen MR) is 183 cm³/mol. The van der Waals surface area contributed by atoms with Gasteiger partial charge < -0.3 is 35.9 Å². The zero-order chi connectivity index (χ0) is 37.1. The molecule has 0 amide bonds. The van der Waals surface area contributed by atoms with Gasteiger partial charge in [0.1, 0.15) is 27.3 Å². The number of aliphatic imine (C=N–C) groups is 1. The molecule has 6 N–H and O–H groups in total. The number of nitrogens with one attached hydrogen (secondary N) is 1. The maximum atomic E-state index is 13.1. The van der Waals surface area contributed by atoms with E-state index in [-0.39, 0.29) is 105 Å². The van der Waals surface area contributed by atoms with E-state index in [0.717, 1.165) is 24.3 Å². The molecule has 4 aromatic rings. The number of rotatable bonds is 10. The molecular weight excluding hydrogens is 739 g/mol. The number of anilines is 3. The fourth-order valence-electron chi connectivity index (χ4n) is 4.43. The number of nitrogen functional groups attached to an aromatic ring is 2. The molecule has 0 aliphatic heterocycles. The summed E-state index contributed by atoms with van der Waals surface area (Å²) < 4.78 is 78.1. The second-order valence-electron chi connectivity index (χ2n) is 10.8. The minimum atomic E-state index is -4.78. The van der Waals surface area contributed by atoms with Gasteiger partial charge in [-0.15, -0.1) is 0 Å². The van der Waals surface area contributed by atoms with Gasteiger partial charge >= 0.3 is 59.1 Å². The van der Waals surface area contributed by atoms with Crippen molar-refractivity contribution < 1.29 is 99.6 Å². The summed E-state index contributed by atoms with van der Waals surface area (Å²) in [4.78, 5) is 3.14. The molecule has 0 aliphatic rings. The van der Waals surface area contributed by atoms with E-state index in [4.69, 9.17) is 20.9 Å². The minimum Gasteiger partial charge on any atom is -0.846 e. The van der Waals surface area contributed by atoms with Crippen LogP contribution in [0.15, 0.2) is 83.8 Å². The number of nitrogens with zero attached hydrogens (tertiary/aromatic N) is 5. The summed E-state index contributed by atoms with van der Waals surface area (Å²) in [5.41, 5.74) is 15.1. The quantitative estimate of drug-likeness (QED) is 0.0399. The van der Waals surface area contributed by atoms with Crippen molar-refractivity contribution in [2.24, 2.45) is 25.4 Å². The van der Waals surface area contributed by atoms with Gasteiger partial charge in [-0.3, -0.25) is 4.55 Å². The Morgan fingerprint density at radius 2 is 1.12 bits per heavy atom. The van der Waals surface area contributed by atoms with Crippen molar-refractivity contribution in [3.8, 4) is 11.5 Å². The van der Waals surface area contributed by atoms with E-state index in [9.17, 15) is 31.0 Å². The molecule has 0 aromatic heterocycles. The summed E-state index contributed by atoms with van der Waals surface area (Å²) in [6.45, 7) is 6.59. The van der Waals surface area contributed by atoms with E-state index in [1.807, 2.05) is 0 Å². The van der Waals surface area contributed by atoms with Crippen molar-refractivity contribution in [3.63, 3.8) is 0 Å². The molecule has 264 valence electrons. The molecule has 0 fully saturated rings. The molecule has 0 saturated heterocycles. The third-order valence-electron chi connectivity index (χ3n) is 7.38. The van der Waals surface area contributed by atoms with Gasteiger partial charge in [0.05, 0.1) is 58.5 Å². The van der Waals surface area contributed by atoms with Gasteiger partial charge in [0.25, 0.3) is 10.1 Å². The predicted octanol–water partition coefficient (Wildman–Crippen LogP) is -0.449. The van der Waals surface area contributed by atoms with Crippen LogP contribution in [0.4, 0.5) is 45.5 Å². The third kappa shape index (κ3) is 10.7. The normalized spacial score (nSPS) is 12.0. The molecule has 0 spiro atoms. The van der Waals surface area contributed by atoms with Gasteiger partial charge in [0, 0.05) is 23.5 Å². The summed E-state index contributed by atoms with van der Waals surface area (Å²) in [6, 6.07) is 9.69. The van der Waals surface area contributed by atoms with Crippen LogP contribution in [0.2, 0.25) is 0 Å². The number of azo groups is 2. The Kier molecular flexibility index (Phi) is 15.4. The van der Waals surface area contributed by atoms with Gasteiger partial charge in [-0.2, -0.15) is 28.9 Å². The van der Waals surface area contributed by atoms with E-state index in [1.54, 1.807) is 33.8 Å². The Labute approximate surface area is 344 Å². The Bertz CT molecular complexity index is 2320. The van der Waals surface area contributed by atoms with Crippen LogP contribution in [0.1, 0.15) is 22.3 Å². The average Bonchev–Trinajstić information content (AvgIpc) is 3.02. The second-order valence-corrected chi connectivity index (χ2v) is 13.6. The molecule has 0 unspecified atom stereocenters. The first-order valence-corrected chi connectivity index (χ1v) is 17.1. The van der Waals surface area contributed by atoms with Gasteiger partial charge in [-0.05, 0) is 86.3 Å². The van der Waals surface area contributed by atoms with E-state index < -0.39 is 36.0 Å². The van der Waals surface area contributed by atoms with E-state index >= 15 is 0 Å². The van der Waals surface area contributed by atoms with Crippen molar-refractivity contribution in [2.45, 2.75) is 37.5 Å². The largest absolute Gasteiger partial charge is 1.00 e. The van der Waals surface area contributed by atoms with Crippen molar-refractivity contribution in [1.29, 1.82) is 0 Å². The zero-order valence-electron chi connectivity index (χ0n) is 29.5. The number of amidine groups is 1. The Hall–Kier alpha value is -3.63. The molecule has 21 heteroatoms. The maximum Gasteiger partial charge on any atom is 1.00 e. The summed E-state index contributed by atoms with van der Waals surface area (Å²) in [6.07, 6.45) is 0. The second kappa shape index (κ2) is 17.9. The third-order valence-corrected chi connectivity index (χ3v) is 9.03. The Morgan fingerprint density at radius 3 is 1.60 bits per heavy atom. The number of methoxy groups -OCH3 is 2. The molecule has 0 heterocycles. The van der Waals surface area contributed by atoms with Crippen LogP contribution in [-0.2, 0) is 20.2 Å². The Balaban J connectivity index is 0.00000468. The van der Waals surface area contributed by atoms with Gasteiger partial charge in [0.2, 0.25) is 0 Å². The molecule has 0 aliphatic carbocycles. The molecule has 0 atom stereocenters. The molecule has 4 rings (SSSR count). The van der Waals surface area contributed by atoms with Crippen LogP contribution in [-0.4, -0.2) is 46.2 Å². The molecule has 0 saturated carbocycles. The number of aryl methyl sites for hydroxylation is 2. The topological polar surface area (TPSA) is 279 Å². The van der Waals surface area contributed by atoms with Crippen molar-refractivity contribution in [2.75, 3.05) is 31.0 Å². The Morgan fingerprint density at radius 1 is 0.673 bits per heavy atom. The fraction of sp³-hybridized carbons (Fsp3) is 0.194.